The minimum Gasteiger partial charge on any atom is -0.508 e. The van der Waals surface area contributed by atoms with Crippen molar-refractivity contribution in [1.29, 1.82) is 0 Å². The first kappa shape index (κ1) is 24.4. The summed E-state index contributed by atoms with van der Waals surface area (Å²) >= 11 is 0. The molecule has 3 aromatic rings. The molecule has 0 amide bonds. The first-order valence-corrected chi connectivity index (χ1v) is 11.8. The zero-order valence-corrected chi connectivity index (χ0v) is 19.2. The molecule has 1 fully saturated rings. The van der Waals surface area contributed by atoms with Crippen LogP contribution in [-0.4, -0.2) is 42.9 Å². The Kier molecular flexibility index (Phi) is 6.75. The van der Waals surface area contributed by atoms with Gasteiger partial charge in [0.25, 0.3) is 0 Å². The van der Waals surface area contributed by atoms with Crippen molar-refractivity contribution in [2.24, 2.45) is 0 Å². The van der Waals surface area contributed by atoms with Crippen LogP contribution in [0.4, 0.5) is 22.0 Å². The Labute approximate surface area is 204 Å². The van der Waals surface area contributed by atoms with E-state index in [2.05, 4.69) is 4.90 Å². The van der Waals surface area contributed by atoms with E-state index in [0.29, 0.717) is 23.5 Å². The highest BCUT2D eigenvalue weighted by molar-refractivity contribution is 5.51. The predicted octanol–water partition coefficient (Wildman–Crippen LogP) is 5.87. The van der Waals surface area contributed by atoms with Crippen molar-refractivity contribution in [3.05, 3.63) is 88.2 Å². The molecule has 2 aliphatic heterocycles. The molecule has 1 N–H and O–H groups in total. The first-order chi connectivity index (χ1) is 17.3. The number of phenolic OH excluding ortho intramolecular Hbond substituents is 1. The van der Waals surface area contributed by atoms with E-state index in [1.807, 2.05) is 0 Å². The number of ether oxygens (including phenoxy) is 2. The maximum Gasteiger partial charge on any atom is 0.200 e. The van der Waals surface area contributed by atoms with Gasteiger partial charge >= 0.3 is 0 Å². The Hall–Kier alpha value is -3.33. The van der Waals surface area contributed by atoms with Crippen molar-refractivity contribution in [2.75, 3.05) is 32.8 Å². The molecule has 0 saturated carbocycles. The van der Waals surface area contributed by atoms with E-state index in [-0.39, 0.29) is 18.1 Å². The summed E-state index contributed by atoms with van der Waals surface area (Å²) in [6.07, 6.45) is 2.37. The number of nitrogens with zero attached hydrogens (tertiary/aromatic N) is 1. The fourth-order valence-electron chi connectivity index (χ4n) is 5.08. The molecule has 2 atom stereocenters. The summed E-state index contributed by atoms with van der Waals surface area (Å²) in [7, 11) is 0. The van der Waals surface area contributed by atoms with E-state index in [1.54, 1.807) is 24.3 Å². The van der Waals surface area contributed by atoms with Crippen LogP contribution < -0.4 is 9.47 Å². The van der Waals surface area contributed by atoms with Crippen molar-refractivity contribution in [1.82, 2.24) is 4.90 Å². The summed E-state index contributed by atoms with van der Waals surface area (Å²) in [5.74, 6) is -11.2. The van der Waals surface area contributed by atoms with Gasteiger partial charge in [-0.15, -0.1) is 0 Å². The van der Waals surface area contributed by atoms with Crippen molar-refractivity contribution >= 4 is 0 Å². The molecular formula is C27H24F5NO3. The van der Waals surface area contributed by atoms with Crippen LogP contribution in [0.25, 0.3) is 0 Å². The summed E-state index contributed by atoms with van der Waals surface area (Å²) in [5, 5.41) is 9.86. The Balaban J connectivity index is 1.49. The summed E-state index contributed by atoms with van der Waals surface area (Å²) in [6, 6.07) is 11.1. The monoisotopic (exact) mass is 505 g/mol. The molecule has 0 unspecified atom stereocenters. The normalized spacial score (nSPS) is 19.7. The minimum absolute atomic E-state index is 0.0797. The maximum atomic E-state index is 14.8. The van der Waals surface area contributed by atoms with Gasteiger partial charge in [-0.3, -0.25) is 4.90 Å². The second-order valence-corrected chi connectivity index (χ2v) is 9.07. The Morgan fingerprint density at radius 3 is 2.17 bits per heavy atom. The molecule has 4 nitrogen and oxygen atoms in total. The number of hydrogen-bond acceptors (Lipinski definition) is 4. The van der Waals surface area contributed by atoms with Crippen LogP contribution in [0.2, 0.25) is 0 Å². The largest absolute Gasteiger partial charge is 0.508 e. The molecule has 0 spiro atoms. The van der Waals surface area contributed by atoms with Crippen LogP contribution in [0.1, 0.15) is 41.4 Å². The van der Waals surface area contributed by atoms with Gasteiger partial charge in [-0.1, -0.05) is 18.2 Å². The Morgan fingerprint density at radius 2 is 1.50 bits per heavy atom. The van der Waals surface area contributed by atoms with E-state index in [4.69, 9.17) is 9.47 Å². The quantitative estimate of drug-likeness (QED) is 0.259. The average molecular weight is 505 g/mol. The van der Waals surface area contributed by atoms with Crippen LogP contribution in [0.5, 0.6) is 17.2 Å². The molecule has 3 aromatic carbocycles. The lowest BCUT2D eigenvalue weighted by Gasteiger charge is -2.35. The highest BCUT2D eigenvalue weighted by Crippen LogP contribution is 2.48. The molecule has 0 aliphatic carbocycles. The Bertz CT molecular complexity index is 1230. The molecule has 2 heterocycles. The lowest BCUT2D eigenvalue weighted by Crippen LogP contribution is -2.28. The minimum atomic E-state index is -2.21. The molecule has 0 bridgehead atoms. The fourth-order valence-corrected chi connectivity index (χ4v) is 5.08. The average Bonchev–Trinajstić information content (AvgIpc) is 3.40. The zero-order valence-electron chi connectivity index (χ0n) is 19.2. The molecule has 1 saturated heterocycles. The van der Waals surface area contributed by atoms with Crippen molar-refractivity contribution in [3.63, 3.8) is 0 Å². The number of hydrogen-bond donors (Lipinski definition) is 1. The third kappa shape index (κ3) is 4.48. The van der Waals surface area contributed by atoms with Gasteiger partial charge in [-0.2, -0.15) is 0 Å². The lowest BCUT2D eigenvalue weighted by atomic mass is 9.75. The van der Waals surface area contributed by atoms with Gasteiger partial charge in [0, 0.05) is 35.6 Å². The molecular weight excluding hydrogens is 481 g/mol. The van der Waals surface area contributed by atoms with Crippen LogP contribution in [-0.2, 0) is 0 Å². The first-order valence-electron chi connectivity index (χ1n) is 11.8. The number of phenols is 1. The standard InChI is InChI=1S/C27H24F5NO3/c28-23-22(24(29)26(31)27(32)25(23)30)19-14-36-20-13-16(34)5-8-18(20)21(19)15-3-6-17(7-4-15)35-12-11-33-9-1-2-10-33/h3-8,13,19,21,34H,1-2,9-12,14H2/t19-,21+/m0/s1. The molecule has 0 radical (unpaired) electrons. The summed E-state index contributed by atoms with van der Waals surface area (Å²) in [5.41, 5.74) is 0.0998. The van der Waals surface area contributed by atoms with Crippen molar-refractivity contribution < 1.29 is 36.5 Å². The van der Waals surface area contributed by atoms with E-state index >= 15 is 0 Å². The summed E-state index contributed by atoms with van der Waals surface area (Å²) in [4.78, 5) is 2.32. The number of likely N-dealkylation sites (tertiary alicyclic amines) is 1. The van der Waals surface area contributed by atoms with Gasteiger partial charge in [0.05, 0.1) is 6.61 Å². The van der Waals surface area contributed by atoms with Crippen LogP contribution in [0.3, 0.4) is 0 Å². The topological polar surface area (TPSA) is 41.9 Å². The highest BCUT2D eigenvalue weighted by Gasteiger charge is 2.39. The number of fused-ring (bicyclic) bond motifs is 1. The SMILES string of the molecule is Oc1ccc2c(c1)OC[C@H](c1c(F)c(F)c(F)c(F)c1F)[C@@H]2c1ccc(OCCN2CCCC2)cc1. The van der Waals surface area contributed by atoms with E-state index in [1.165, 1.54) is 31.0 Å². The Morgan fingerprint density at radius 1 is 0.861 bits per heavy atom. The third-order valence-corrected chi connectivity index (χ3v) is 6.88. The molecule has 2 aliphatic rings. The van der Waals surface area contributed by atoms with E-state index in [9.17, 15) is 27.1 Å². The van der Waals surface area contributed by atoms with Gasteiger partial charge in [0.15, 0.2) is 23.3 Å². The van der Waals surface area contributed by atoms with Crippen LogP contribution in [0, 0.1) is 29.1 Å². The molecule has 5 rings (SSSR count). The van der Waals surface area contributed by atoms with Gasteiger partial charge in [-0.25, -0.2) is 22.0 Å². The number of rotatable bonds is 6. The predicted molar refractivity (Wildman–Crippen MR) is 122 cm³/mol. The number of benzene rings is 3. The maximum absolute atomic E-state index is 14.8. The van der Waals surface area contributed by atoms with Gasteiger partial charge in [0.1, 0.15) is 23.9 Å². The molecule has 36 heavy (non-hydrogen) atoms. The van der Waals surface area contributed by atoms with E-state index < -0.39 is 46.5 Å². The van der Waals surface area contributed by atoms with Gasteiger partial charge < -0.3 is 14.6 Å². The third-order valence-electron chi connectivity index (χ3n) is 6.88. The number of aromatic hydroxyl groups is 1. The second kappa shape index (κ2) is 9.97. The second-order valence-electron chi connectivity index (χ2n) is 9.07. The van der Waals surface area contributed by atoms with Crippen molar-refractivity contribution in [3.8, 4) is 17.2 Å². The van der Waals surface area contributed by atoms with Crippen LogP contribution >= 0.6 is 0 Å². The van der Waals surface area contributed by atoms with Gasteiger partial charge in [-0.05, 0) is 49.7 Å². The smallest absolute Gasteiger partial charge is 0.200 e. The van der Waals surface area contributed by atoms with E-state index in [0.717, 1.165) is 19.6 Å². The summed E-state index contributed by atoms with van der Waals surface area (Å²) in [6.45, 7) is 3.07. The number of halogens is 5. The zero-order chi connectivity index (χ0) is 25.4. The van der Waals surface area contributed by atoms with Crippen LogP contribution in [0.15, 0.2) is 42.5 Å². The summed E-state index contributed by atoms with van der Waals surface area (Å²) < 4.78 is 82.9. The van der Waals surface area contributed by atoms with Gasteiger partial charge in [0.2, 0.25) is 5.82 Å². The molecule has 190 valence electrons. The fraction of sp³-hybridized carbons (Fsp3) is 0.333. The van der Waals surface area contributed by atoms with Crippen molar-refractivity contribution in [2.45, 2.75) is 24.7 Å². The molecule has 0 aromatic heterocycles. The molecule has 9 heteroatoms. The highest BCUT2D eigenvalue weighted by atomic mass is 19.2. The lowest BCUT2D eigenvalue weighted by molar-refractivity contribution is 0.235.